The van der Waals surface area contributed by atoms with Crippen LogP contribution in [0.25, 0.3) is 0 Å². The highest BCUT2D eigenvalue weighted by molar-refractivity contribution is 7.12. The molecule has 0 bridgehead atoms. The molecule has 0 saturated heterocycles. The van der Waals surface area contributed by atoms with Crippen LogP contribution in [0.5, 0.6) is 0 Å². The van der Waals surface area contributed by atoms with Gasteiger partial charge in [-0.15, -0.1) is 11.3 Å². The quantitative estimate of drug-likeness (QED) is 0.454. The van der Waals surface area contributed by atoms with Crippen LogP contribution in [0.3, 0.4) is 0 Å². The number of thiophene rings is 1. The topological polar surface area (TPSA) is 35.9 Å². The lowest BCUT2D eigenvalue weighted by Crippen LogP contribution is -2.20. The van der Waals surface area contributed by atoms with E-state index in [0.717, 1.165) is 10.6 Å². The molecule has 78 valence electrons. The molecule has 2 nitrogen and oxygen atoms in total. The van der Waals surface area contributed by atoms with Crippen LogP contribution in [0, 0.1) is 5.41 Å². The molecule has 0 amide bonds. The largest absolute Gasteiger partial charge is 0.340 e. The Kier molecular flexibility index (Phi) is 4.57. The van der Waals surface area contributed by atoms with E-state index in [1.165, 1.54) is 0 Å². The Hall–Kier alpha value is -1.61. The van der Waals surface area contributed by atoms with Gasteiger partial charge in [0.25, 0.3) is 0 Å². The normalized spacial score (nSPS) is 11.7. The van der Waals surface area contributed by atoms with Crippen molar-refractivity contribution in [2.75, 3.05) is 0 Å². The first-order valence-electron chi connectivity index (χ1n) is 4.62. The van der Waals surface area contributed by atoms with E-state index in [-0.39, 0.29) is 0 Å². The lowest BCUT2D eigenvalue weighted by atomic mass is 10.3. The smallest absolute Gasteiger partial charge is 0.140 e. The van der Waals surface area contributed by atoms with E-state index in [4.69, 9.17) is 5.41 Å². The van der Waals surface area contributed by atoms with E-state index in [1.807, 2.05) is 42.7 Å². The van der Waals surface area contributed by atoms with Gasteiger partial charge in [-0.3, -0.25) is 5.41 Å². The molecule has 0 saturated carbocycles. The maximum absolute atomic E-state index is 7.81. The summed E-state index contributed by atoms with van der Waals surface area (Å²) in [6, 6.07) is 3.86. The lowest BCUT2D eigenvalue weighted by Gasteiger charge is -2.05. The van der Waals surface area contributed by atoms with Crippen molar-refractivity contribution in [3.63, 3.8) is 0 Å². The summed E-state index contributed by atoms with van der Waals surface area (Å²) in [5.41, 5.74) is 0.897. The SMILES string of the molecule is C=C/C=C\C(=C/C)NC(=N)c1cccs1. The Morgan fingerprint density at radius 3 is 2.93 bits per heavy atom. The molecule has 1 rings (SSSR count). The third-order valence-electron chi connectivity index (χ3n) is 1.76. The zero-order valence-electron chi connectivity index (χ0n) is 8.66. The summed E-state index contributed by atoms with van der Waals surface area (Å²) in [4.78, 5) is 0.932. The van der Waals surface area contributed by atoms with Crippen LogP contribution in [0.15, 0.2) is 54.1 Å². The van der Waals surface area contributed by atoms with Crippen LogP contribution in [-0.2, 0) is 0 Å². The summed E-state index contributed by atoms with van der Waals surface area (Å²) in [5.74, 6) is 0.423. The van der Waals surface area contributed by atoms with Crippen molar-refractivity contribution in [2.45, 2.75) is 6.92 Å². The molecule has 0 atom stereocenters. The van der Waals surface area contributed by atoms with E-state index in [9.17, 15) is 0 Å². The Labute approximate surface area is 94.2 Å². The molecular weight excluding hydrogens is 204 g/mol. The van der Waals surface area contributed by atoms with Crippen molar-refractivity contribution in [1.29, 1.82) is 5.41 Å². The first-order valence-corrected chi connectivity index (χ1v) is 5.50. The van der Waals surface area contributed by atoms with Crippen LogP contribution in [0.4, 0.5) is 0 Å². The fraction of sp³-hybridized carbons (Fsp3) is 0.0833. The summed E-state index contributed by atoms with van der Waals surface area (Å²) in [6.07, 6.45) is 7.35. The minimum absolute atomic E-state index is 0.423. The average molecular weight is 218 g/mol. The van der Waals surface area contributed by atoms with E-state index >= 15 is 0 Å². The highest BCUT2D eigenvalue weighted by Gasteiger charge is 2.01. The zero-order valence-corrected chi connectivity index (χ0v) is 9.47. The Bertz CT molecular complexity index is 386. The Balaban J connectivity index is 2.65. The standard InChI is InChI=1S/C12H14N2S/c1-3-5-7-10(4-2)14-12(13)11-8-6-9-15-11/h3-9H,1H2,2H3,(H2,13,14)/b7-5-,10-4+. The first-order chi connectivity index (χ1) is 7.27. The monoisotopic (exact) mass is 218 g/mol. The predicted octanol–water partition coefficient (Wildman–Crippen LogP) is 3.31. The summed E-state index contributed by atoms with van der Waals surface area (Å²) in [7, 11) is 0. The molecule has 0 unspecified atom stereocenters. The summed E-state index contributed by atoms with van der Waals surface area (Å²) in [5, 5.41) is 12.8. The van der Waals surface area contributed by atoms with Crippen LogP contribution >= 0.6 is 11.3 Å². The van der Waals surface area contributed by atoms with Crippen molar-refractivity contribution in [3.8, 4) is 0 Å². The second-order valence-electron chi connectivity index (χ2n) is 2.82. The van der Waals surface area contributed by atoms with Crippen molar-refractivity contribution in [2.24, 2.45) is 0 Å². The van der Waals surface area contributed by atoms with E-state index < -0.39 is 0 Å². The summed E-state index contributed by atoms with van der Waals surface area (Å²) >= 11 is 1.55. The predicted molar refractivity (Wildman–Crippen MR) is 67.4 cm³/mol. The molecule has 1 aromatic rings. The second-order valence-corrected chi connectivity index (χ2v) is 3.76. The molecule has 0 aliphatic rings. The lowest BCUT2D eigenvalue weighted by molar-refractivity contribution is 1.15. The van der Waals surface area contributed by atoms with Crippen molar-refractivity contribution < 1.29 is 0 Å². The van der Waals surface area contributed by atoms with Crippen LogP contribution in [0.2, 0.25) is 0 Å². The molecule has 1 aromatic heterocycles. The van der Waals surface area contributed by atoms with E-state index in [2.05, 4.69) is 11.9 Å². The molecule has 2 N–H and O–H groups in total. The van der Waals surface area contributed by atoms with Crippen LogP contribution in [0.1, 0.15) is 11.8 Å². The second kappa shape index (κ2) is 5.98. The van der Waals surface area contributed by atoms with Gasteiger partial charge in [0.2, 0.25) is 0 Å². The van der Waals surface area contributed by atoms with Gasteiger partial charge in [-0.05, 0) is 24.4 Å². The maximum atomic E-state index is 7.81. The summed E-state index contributed by atoms with van der Waals surface area (Å²) in [6.45, 7) is 5.53. The van der Waals surface area contributed by atoms with Gasteiger partial charge in [-0.2, -0.15) is 0 Å². The summed E-state index contributed by atoms with van der Waals surface area (Å²) < 4.78 is 0. The van der Waals surface area contributed by atoms with Crippen LogP contribution in [-0.4, -0.2) is 5.84 Å². The van der Waals surface area contributed by atoms with Crippen molar-refractivity contribution in [1.82, 2.24) is 5.32 Å². The number of rotatable bonds is 4. The maximum Gasteiger partial charge on any atom is 0.140 e. The molecule has 0 fully saturated rings. The molecule has 0 aromatic carbocycles. The van der Waals surface area contributed by atoms with E-state index in [1.54, 1.807) is 17.4 Å². The first kappa shape index (κ1) is 11.5. The minimum Gasteiger partial charge on any atom is -0.340 e. The Morgan fingerprint density at radius 1 is 1.60 bits per heavy atom. The number of nitrogens with one attached hydrogen (secondary N) is 2. The molecule has 0 radical (unpaired) electrons. The van der Waals surface area contributed by atoms with Gasteiger partial charge in [0, 0.05) is 5.70 Å². The van der Waals surface area contributed by atoms with Gasteiger partial charge in [0.15, 0.2) is 0 Å². The van der Waals surface area contributed by atoms with Crippen LogP contribution < -0.4 is 5.32 Å². The van der Waals surface area contributed by atoms with Gasteiger partial charge in [0.05, 0.1) is 4.88 Å². The molecule has 3 heteroatoms. The fourth-order valence-corrected chi connectivity index (χ4v) is 1.64. The number of amidine groups is 1. The highest BCUT2D eigenvalue weighted by atomic mass is 32.1. The highest BCUT2D eigenvalue weighted by Crippen LogP contribution is 2.08. The average Bonchev–Trinajstić information content (AvgIpc) is 2.77. The van der Waals surface area contributed by atoms with Crippen molar-refractivity contribution in [3.05, 3.63) is 59.0 Å². The van der Waals surface area contributed by atoms with Gasteiger partial charge >= 0.3 is 0 Å². The van der Waals surface area contributed by atoms with E-state index in [0.29, 0.717) is 5.84 Å². The molecule has 1 heterocycles. The van der Waals surface area contributed by atoms with Gasteiger partial charge in [0.1, 0.15) is 5.84 Å². The van der Waals surface area contributed by atoms with Gasteiger partial charge in [-0.25, -0.2) is 0 Å². The zero-order chi connectivity index (χ0) is 11.1. The third kappa shape index (κ3) is 3.56. The molecule has 0 spiro atoms. The fourth-order valence-electron chi connectivity index (χ4n) is 1.01. The van der Waals surface area contributed by atoms with Gasteiger partial charge in [-0.1, -0.05) is 30.9 Å². The Morgan fingerprint density at radius 2 is 2.40 bits per heavy atom. The number of allylic oxidation sites excluding steroid dienone is 4. The van der Waals surface area contributed by atoms with Gasteiger partial charge < -0.3 is 5.32 Å². The van der Waals surface area contributed by atoms with Crippen molar-refractivity contribution >= 4 is 17.2 Å². The molecule has 15 heavy (non-hydrogen) atoms. The molecule has 0 aliphatic heterocycles. The number of hydrogen-bond donors (Lipinski definition) is 2. The third-order valence-corrected chi connectivity index (χ3v) is 2.65. The minimum atomic E-state index is 0.423. The molecule has 0 aliphatic carbocycles. The molecular formula is C12H14N2S. The number of hydrogen-bond acceptors (Lipinski definition) is 2.